The fourth-order valence-corrected chi connectivity index (χ4v) is 3.95. The molecule has 0 bridgehead atoms. The number of aryl methyl sites for hydroxylation is 1. The lowest BCUT2D eigenvalue weighted by Gasteiger charge is -2.22. The van der Waals surface area contributed by atoms with Crippen LogP contribution in [0.5, 0.6) is 5.75 Å². The molecule has 1 amide bonds. The number of rotatable bonds is 11. The summed E-state index contributed by atoms with van der Waals surface area (Å²) in [5.74, 6) is -1.27. The van der Waals surface area contributed by atoms with Crippen LogP contribution in [0.4, 0.5) is 11.6 Å². The SMILES string of the molecule is CC1(C)O[C@@H]([C@H](O)COc2ccc(CCCCN=C(N)NC(=O)c3nc(Cl)c(N)nc3N)cc2)[C@@H](CO)O1. The van der Waals surface area contributed by atoms with Crippen LogP contribution in [0.3, 0.4) is 0 Å². The van der Waals surface area contributed by atoms with Gasteiger partial charge in [-0.2, -0.15) is 0 Å². The van der Waals surface area contributed by atoms with E-state index >= 15 is 0 Å². The van der Waals surface area contributed by atoms with E-state index < -0.39 is 30.0 Å². The highest BCUT2D eigenvalue weighted by Crippen LogP contribution is 2.30. The Hall–Kier alpha value is -3.23. The van der Waals surface area contributed by atoms with Gasteiger partial charge >= 0.3 is 0 Å². The number of nitrogens with one attached hydrogen (secondary N) is 1. The Kier molecular flexibility index (Phi) is 10.1. The van der Waals surface area contributed by atoms with Gasteiger partial charge in [-0.05, 0) is 50.8 Å². The van der Waals surface area contributed by atoms with Crippen LogP contribution in [0, 0.1) is 0 Å². The maximum absolute atomic E-state index is 12.2. The molecule has 1 fully saturated rings. The average Bonchev–Trinajstić information content (AvgIpc) is 3.19. The van der Waals surface area contributed by atoms with Crippen molar-refractivity contribution < 1.29 is 29.2 Å². The normalized spacial score (nSPS) is 19.8. The molecule has 1 aromatic heterocycles. The smallest absolute Gasteiger partial charge is 0.280 e. The minimum absolute atomic E-state index is 0.000450. The summed E-state index contributed by atoms with van der Waals surface area (Å²) in [5.41, 5.74) is 17.8. The number of aliphatic imine (C=N–C) groups is 1. The first-order valence-corrected chi connectivity index (χ1v) is 12.4. The molecule has 14 heteroatoms. The summed E-state index contributed by atoms with van der Waals surface area (Å²) in [5, 5.41) is 22.2. The molecule has 3 rings (SSSR count). The van der Waals surface area contributed by atoms with E-state index in [0.717, 1.165) is 24.8 Å². The fraction of sp³-hybridized carbons (Fsp3) is 0.500. The number of nitrogens with two attached hydrogens (primary N) is 3. The van der Waals surface area contributed by atoms with Crippen LogP contribution < -0.4 is 27.3 Å². The highest BCUT2D eigenvalue weighted by molar-refractivity contribution is 6.31. The van der Waals surface area contributed by atoms with Gasteiger partial charge in [-0.25, -0.2) is 9.97 Å². The molecule has 3 atom stereocenters. The quantitative estimate of drug-likeness (QED) is 0.129. The molecule has 0 saturated carbocycles. The zero-order valence-corrected chi connectivity index (χ0v) is 22.0. The summed E-state index contributed by atoms with van der Waals surface area (Å²) in [6.45, 7) is 3.61. The first-order chi connectivity index (χ1) is 18.0. The van der Waals surface area contributed by atoms with Crippen molar-refractivity contribution in [2.45, 2.75) is 57.2 Å². The summed E-state index contributed by atoms with van der Waals surface area (Å²) in [4.78, 5) is 23.9. The van der Waals surface area contributed by atoms with Gasteiger partial charge in [0.2, 0.25) is 0 Å². The number of aromatic nitrogens is 2. The van der Waals surface area contributed by atoms with E-state index in [1.54, 1.807) is 13.8 Å². The Morgan fingerprint density at radius 2 is 1.92 bits per heavy atom. The molecule has 2 heterocycles. The van der Waals surface area contributed by atoms with Gasteiger partial charge in [0.1, 0.15) is 30.7 Å². The summed E-state index contributed by atoms with van der Waals surface area (Å²) >= 11 is 5.79. The third kappa shape index (κ3) is 8.13. The molecule has 9 N–H and O–H groups in total. The third-order valence-electron chi connectivity index (χ3n) is 5.64. The predicted molar refractivity (Wildman–Crippen MR) is 142 cm³/mol. The molecule has 1 aliphatic rings. The molecular formula is C24H34ClN7O6. The zero-order valence-electron chi connectivity index (χ0n) is 21.3. The fourth-order valence-electron chi connectivity index (χ4n) is 3.82. The first-order valence-electron chi connectivity index (χ1n) is 12.0. The monoisotopic (exact) mass is 551 g/mol. The molecule has 1 aromatic carbocycles. The Labute approximate surface area is 225 Å². The summed E-state index contributed by atoms with van der Waals surface area (Å²) in [6.07, 6.45) is 0.137. The number of carbonyl (C=O) groups excluding carboxylic acids is 1. The molecule has 0 aliphatic carbocycles. The van der Waals surface area contributed by atoms with E-state index in [0.29, 0.717) is 12.3 Å². The standard InChI is InChI=1S/C24H34ClN7O6/c1-24(2)37-16(11-33)18(38-24)15(34)12-36-14-8-6-13(7-9-14)5-3-4-10-29-23(28)32-22(35)17-20(26)31-21(27)19(25)30-17/h6-9,15-16,18,33-34H,3-5,10-12H2,1-2H3,(H4,26,27,31)(H3,28,29,32,35)/t15-,16-,18+/m1/s1. The Morgan fingerprint density at radius 3 is 2.61 bits per heavy atom. The van der Waals surface area contributed by atoms with Gasteiger partial charge in [-0.1, -0.05) is 23.7 Å². The molecule has 13 nitrogen and oxygen atoms in total. The predicted octanol–water partition coefficient (Wildman–Crippen LogP) is 0.614. The van der Waals surface area contributed by atoms with Crippen LogP contribution in [0.1, 0.15) is 42.7 Å². The lowest BCUT2D eigenvalue weighted by atomic mass is 10.1. The van der Waals surface area contributed by atoms with Crippen molar-refractivity contribution in [3.63, 3.8) is 0 Å². The number of nitrogens with zero attached hydrogens (tertiary/aromatic N) is 3. The van der Waals surface area contributed by atoms with Crippen LogP contribution in [0.15, 0.2) is 29.3 Å². The second-order valence-electron chi connectivity index (χ2n) is 9.16. The number of nitrogen functional groups attached to an aromatic ring is 2. The van der Waals surface area contributed by atoms with E-state index in [4.69, 9.17) is 43.0 Å². The molecule has 1 aliphatic heterocycles. The number of carbonyl (C=O) groups is 1. The van der Waals surface area contributed by atoms with E-state index in [1.807, 2.05) is 24.3 Å². The van der Waals surface area contributed by atoms with Gasteiger partial charge < -0.3 is 41.6 Å². The Morgan fingerprint density at radius 1 is 1.21 bits per heavy atom. The highest BCUT2D eigenvalue weighted by atomic mass is 35.5. The van der Waals surface area contributed by atoms with E-state index in [2.05, 4.69) is 20.3 Å². The lowest BCUT2D eigenvalue weighted by molar-refractivity contribution is -0.158. The van der Waals surface area contributed by atoms with Crippen LogP contribution in [0.25, 0.3) is 0 Å². The molecular weight excluding hydrogens is 518 g/mol. The molecule has 0 radical (unpaired) electrons. The number of unbranched alkanes of at least 4 members (excludes halogenated alkanes) is 1. The number of hydrogen-bond acceptors (Lipinski definition) is 11. The molecule has 2 aromatic rings. The number of amides is 1. The second-order valence-corrected chi connectivity index (χ2v) is 9.51. The van der Waals surface area contributed by atoms with Crippen LogP contribution in [-0.4, -0.2) is 75.9 Å². The number of ether oxygens (including phenoxy) is 3. The maximum atomic E-state index is 12.2. The van der Waals surface area contributed by atoms with Crippen molar-refractivity contribution in [1.29, 1.82) is 0 Å². The van der Waals surface area contributed by atoms with Gasteiger partial charge in [0, 0.05) is 6.54 Å². The van der Waals surface area contributed by atoms with Gasteiger partial charge in [0.05, 0.1) is 6.61 Å². The minimum atomic E-state index is -0.957. The van der Waals surface area contributed by atoms with E-state index in [1.165, 1.54) is 0 Å². The van der Waals surface area contributed by atoms with Crippen LogP contribution in [0.2, 0.25) is 5.15 Å². The van der Waals surface area contributed by atoms with Gasteiger partial charge in [-0.3, -0.25) is 15.1 Å². The number of guanidine groups is 1. The topological polar surface area (TPSA) is 213 Å². The zero-order chi connectivity index (χ0) is 27.9. The van der Waals surface area contributed by atoms with Crippen LogP contribution >= 0.6 is 11.6 Å². The summed E-state index contributed by atoms with van der Waals surface area (Å²) in [6, 6.07) is 7.53. The largest absolute Gasteiger partial charge is 0.491 e. The van der Waals surface area contributed by atoms with Crippen molar-refractivity contribution in [2.75, 3.05) is 31.2 Å². The van der Waals surface area contributed by atoms with Crippen molar-refractivity contribution >= 4 is 35.1 Å². The Balaban J connectivity index is 1.37. The molecule has 208 valence electrons. The van der Waals surface area contributed by atoms with Gasteiger partial charge in [0.15, 0.2) is 34.2 Å². The van der Waals surface area contributed by atoms with Crippen molar-refractivity contribution in [1.82, 2.24) is 15.3 Å². The van der Waals surface area contributed by atoms with Crippen molar-refractivity contribution in [2.24, 2.45) is 10.7 Å². The average molecular weight is 552 g/mol. The van der Waals surface area contributed by atoms with Gasteiger partial charge in [-0.15, -0.1) is 0 Å². The van der Waals surface area contributed by atoms with Crippen molar-refractivity contribution in [3.05, 3.63) is 40.7 Å². The van der Waals surface area contributed by atoms with E-state index in [-0.39, 0.29) is 41.7 Å². The highest BCUT2D eigenvalue weighted by Gasteiger charge is 2.44. The molecule has 0 unspecified atom stereocenters. The van der Waals surface area contributed by atoms with Crippen LogP contribution in [-0.2, 0) is 15.9 Å². The molecule has 1 saturated heterocycles. The first kappa shape index (κ1) is 29.3. The number of aliphatic hydroxyl groups excluding tert-OH is 2. The number of benzene rings is 1. The minimum Gasteiger partial charge on any atom is -0.491 e. The van der Waals surface area contributed by atoms with Gasteiger partial charge in [0.25, 0.3) is 5.91 Å². The number of anilines is 2. The summed E-state index contributed by atoms with van der Waals surface area (Å²) < 4.78 is 16.9. The lowest BCUT2D eigenvalue weighted by Crippen LogP contribution is -2.40. The summed E-state index contributed by atoms with van der Waals surface area (Å²) in [7, 11) is 0. The van der Waals surface area contributed by atoms with E-state index in [9.17, 15) is 15.0 Å². The number of halogens is 1. The van der Waals surface area contributed by atoms with Crippen molar-refractivity contribution in [3.8, 4) is 5.75 Å². The molecule has 38 heavy (non-hydrogen) atoms. The Bertz CT molecular complexity index is 1130. The molecule has 0 spiro atoms. The maximum Gasteiger partial charge on any atom is 0.280 e. The number of hydrogen-bond donors (Lipinski definition) is 6. The number of aliphatic hydroxyl groups is 2. The second kappa shape index (κ2) is 13.0. The third-order valence-corrected chi connectivity index (χ3v) is 5.92.